The van der Waals surface area contributed by atoms with Crippen LogP contribution in [0.3, 0.4) is 0 Å². The first-order chi connectivity index (χ1) is 19.3. The summed E-state index contributed by atoms with van der Waals surface area (Å²) in [6.45, 7) is 12.1. The number of amides is 1. The molecular formula is C30H47N3O8. The number of carbonyl (C=O) groups is 4. The fraction of sp³-hybridized carbons (Fsp3) is 0.667. The Morgan fingerprint density at radius 2 is 1.54 bits per heavy atom. The Labute approximate surface area is 243 Å². The molecule has 1 amide bonds. The number of anilines is 1. The molecule has 1 saturated heterocycles. The second-order valence-electron chi connectivity index (χ2n) is 11.4. The van der Waals surface area contributed by atoms with Crippen molar-refractivity contribution in [3.05, 3.63) is 29.8 Å². The van der Waals surface area contributed by atoms with Gasteiger partial charge in [-0.2, -0.15) is 0 Å². The van der Waals surface area contributed by atoms with Gasteiger partial charge in [-0.15, -0.1) is 0 Å². The topological polar surface area (TPSA) is 135 Å². The van der Waals surface area contributed by atoms with Crippen LogP contribution in [0.2, 0.25) is 0 Å². The van der Waals surface area contributed by atoms with Crippen LogP contribution in [0.4, 0.5) is 5.69 Å². The van der Waals surface area contributed by atoms with E-state index >= 15 is 0 Å². The molecule has 230 valence electrons. The van der Waals surface area contributed by atoms with Crippen LogP contribution < -0.4 is 10.2 Å². The van der Waals surface area contributed by atoms with Gasteiger partial charge >= 0.3 is 17.9 Å². The van der Waals surface area contributed by atoms with Crippen molar-refractivity contribution >= 4 is 29.5 Å². The van der Waals surface area contributed by atoms with Crippen molar-refractivity contribution in [3.63, 3.8) is 0 Å². The van der Waals surface area contributed by atoms with Gasteiger partial charge in [0.2, 0.25) is 6.10 Å². The number of carboxylic acid groups (broad SMARTS) is 1. The summed E-state index contributed by atoms with van der Waals surface area (Å²) in [5.41, 5.74) is 1.71. The summed E-state index contributed by atoms with van der Waals surface area (Å²) >= 11 is 0. The molecule has 0 aromatic heterocycles. The molecule has 0 unspecified atom stereocenters. The molecule has 0 aliphatic carbocycles. The summed E-state index contributed by atoms with van der Waals surface area (Å²) in [5.74, 6) is -2.99. The van der Waals surface area contributed by atoms with Gasteiger partial charge in [-0.3, -0.25) is 9.59 Å². The Morgan fingerprint density at radius 1 is 0.951 bits per heavy atom. The Kier molecular flexibility index (Phi) is 13.5. The Morgan fingerprint density at radius 3 is 2.05 bits per heavy atom. The fourth-order valence-electron chi connectivity index (χ4n) is 4.69. The van der Waals surface area contributed by atoms with Crippen molar-refractivity contribution in [2.45, 2.75) is 78.2 Å². The van der Waals surface area contributed by atoms with Crippen LogP contribution in [0.5, 0.6) is 0 Å². The molecule has 2 rings (SSSR count). The van der Waals surface area contributed by atoms with Crippen LogP contribution >= 0.6 is 0 Å². The van der Waals surface area contributed by atoms with Crippen LogP contribution in [0.15, 0.2) is 24.3 Å². The summed E-state index contributed by atoms with van der Waals surface area (Å²) in [7, 11) is 3.09. The van der Waals surface area contributed by atoms with Crippen molar-refractivity contribution in [2.75, 3.05) is 45.3 Å². The van der Waals surface area contributed by atoms with Gasteiger partial charge in [0, 0.05) is 32.2 Å². The minimum atomic E-state index is -1.43. The number of ether oxygens (including phenoxy) is 3. The van der Waals surface area contributed by atoms with E-state index in [-0.39, 0.29) is 24.7 Å². The maximum Gasteiger partial charge on any atom is 0.345 e. The van der Waals surface area contributed by atoms with Crippen molar-refractivity contribution in [2.24, 2.45) is 11.8 Å². The van der Waals surface area contributed by atoms with Crippen molar-refractivity contribution < 1.29 is 38.5 Å². The molecule has 0 radical (unpaired) electrons. The highest BCUT2D eigenvalue weighted by molar-refractivity contribution is 5.89. The van der Waals surface area contributed by atoms with Crippen molar-refractivity contribution in [1.29, 1.82) is 0 Å². The normalized spacial score (nSPS) is 16.6. The van der Waals surface area contributed by atoms with Crippen LogP contribution in [-0.2, 0) is 39.8 Å². The molecule has 1 aromatic rings. The number of hydrogen-bond donors (Lipinski definition) is 2. The first-order valence-electron chi connectivity index (χ1n) is 14.3. The lowest BCUT2D eigenvalue weighted by Crippen LogP contribution is -2.50. The summed E-state index contributed by atoms with van der Waals surface area (Å²) in [6.07, 6.45) is -1.81. The van der Waals surface area contributed by atoms with Crippen LogP contribution in [0.25, 0.3) is 0 Å². The molecule has 11 nitrogen and oxygen atoms in total. The monoisotopic (exact) mass is 577 g/mol. The highest BCUT2D eigenvalue weighted by Gasteiger charge is 2.36. The van der Waals surface area contributed by atoms with Crippen LogP contribution in [0.1, 0.15) is 53.0 Å². The summed E-state index contributed by atoms with van der Waals surface area (Å²) in [6, 6.07) is 5.86. The summed E-state index contributed by atoms with van der Waals surface area (Å²) < 4.78 is 16.3. The zero-order valence-electron chi connectivity index (χ0n) is 25.4. The van der Waals surface area contributed by atoms with E-state index in [2.05, 4.69) is 10.2 Å². The average molecular weight is 578 g/mol. The van der Waals surface area contributed by atoms with Crippen LogP contribution in [-0.4, -0.2) is 98.5 Å². The largest absolute Gasteiger partial charge is 0.478 e. The molecule has 1 aliphatic heterocycles. The van der Waals surface area contributed by atoms with Crippen molar-refractivity contribution in [1.82, 2.24) is 10.2 Å². The summed E-state index contributed by atoms with van der Waals surface area (Å²) in [4.78, 5) is 54.5. The quantitative estimate of drug-likeness (QED) is 0.299. The maximum absolute atomic E-state index is 13.3. The third-order valence-electron chi connectivity index (χ3n) is 7.03. The predicted octanol–water partition coefficient (Wildman–Crippen LogP) is 2.50. The van der Waals surface area contributed by atoms with Gasteiger partial charge in [0.05, 0.1) is 13.2 Å². The average Bonchev–Trinajstić information content (AvgIpc) is 2.93. The second-order valence-corrected chi connectivity index (χ2v) is 11.4. The minimum absolute atomic E-state index is 0.00335. The van der Waals surface area contributed by atoms with Gasteiger partial charge < -0.3 is 34.4 Å². The number of nitrogens with zero attached hydrogens (tertiary/aromatic N) is 2. The number of nitrogens with one attached hydrogen (secondary N) is 1. The molecular weight excluding hydrogens is 530 g/mol. The van der Waals surface area contributed by atoms with Gasteiger partial charge in [-0.1, -0.05) is 39.8 Å². The van der Waals surface area contributed by atoms with E-state index in [1.807, 2.05) is 52.0 Å². The molecule has 41 heavy (non-hydrogen) atoms. The third-order valence-corrected chi connectivity index (χ3v) is 7.03. The number of morpholine rings is 1. The molecule has 4 atom stereocenters. The van der Waals surface area contributed by atoms with Gasteiger partial charge in [0.25, 0.3) is 5.91 Å². The number of hydrogen-bond acceptors (Lipinski definition) is 9. The van der Waals surface area contributed by atoms with E-state index in [9.17, 15) is 24.3 Å². The number of likely N-dealkylation sites (N-methyl/N-ethyl adjacent to an activating group) is 2. The highest BCUT2D eigenvalue weighted by atomic mass is 16.6. The lowest BCUT2D eigenvalue weighted by molar-refractivity contribution is -0.172. The van der Waals surface area contributed by atoms with E-state index in [0.717, 1.165) is 18.8 Å². The molecule has 11 heteroatoms. The smallest absolute Gasteiger partial charge is 0.345 e. The molecule has 1 heterocycles. The Balaban J connectivity index is 2.09. The SMILES string of the molecule is CN[C@@H](CC(C)C)C(=O)O[C@H](C)C(=O)N(C)[C@@H](CC(C)C)C(=O)O[C@H](Cc1ccc(N2CCOCC2)cc1)C(=O)O. The summed E-state index contributed by atoms with van der Waals surface area (Å²) in [5, 5.41) is 12.7. The van der Waals surface area contributed by atoms with E-state index in [4.69, 9.17) is 14.2 Å². The molecule has 0 spiro atoms. The maximum atomic E-state index is 13.3. The molecule has 2 N–H and O–H groups in total. The zero-order chi connectivity index (χ0) is 30.7. The minimum Gasteiger partial charge on any atom is -0.478 e. The molecule has 1 aliphatic rings. The molecule has 1 aromatic carbocycles. The van der Waals surface area contributed by atoms with Gasteiger partial charge in [0.15, 0.2) is 6.10 Å². The number of esters is 2. The standard InChI is InChI=1S/C30H47N3O8/c1-19(2)16-24(31-6)29(37)40-21(5)27(34)32(7)25(17-20(3)4)30(38)41-26(28(35)36)18-22-8-10-23(11-9-22)33-12-14-39-15-13-33/h8-11,19-21,24-26,31H,12-18H2,1-7H3,(H,35,36)/t21-,24+,25+,26-/m1/s1. The third kappa shape index (κ3) is 10.6. The van der Waals surface area contributed by atoms with Gasteiger partial charge in [-0.25, -0.2) is 9.59 Å². The van der Waals surface area contributed by atoms with Crippen LogP contribution in [0, 0.1) is 11.8 Å². The van der Waals surface area contributed by atoms with E-state index < -0.39 is 48.1 Å². The number of aliphatic carboxylic acids is 1. The first kappa shape index (κ1) is 34.0. The number of rotatable bonds is 15. The number of carbonyl (C=O) groups excluding carboxylic acids is 3. The van der Waals surface area contributed by atoms with Gasteiger partial charge in [-0.05, 0) is 56.3 Å². The van der Waals surface area contributed by atoms with Gasteiger partial charge in [0.1, 0.15) is 12.1 Å². The van der Waals surface area contributed by atoms with E-state index in [1.54, 1.807) is 7.05 Å². The second kappa shape index (κ2) is 16.3. The molecule has 1 fully saturated rings. The number of carboxylic acids is 1. The zero-order valence-corrected chi connectivity index (χ0v) is 25.4. The molecule has 0 saturated carbocycles. The predicted molar refractivity (Wildman–Crippen MR) is 155 cm³/mol. The van der Waals surface area contributed by atoms with E-state index in [0.29, 0.717) is 25.2 Å². The fourth-order valence-corrected chi connectivity index (χ4v) is 4.69. The lowest BCUT2D eigenvalue weighted by Gasteiger charge is -2.31. The lowest BCUT2D eigenvalue weighted by atomic mass is 10.0. The van der Waals surface area contributed by atoms with Crippen molar-refractivity contribution in [3.8, 4) is 0 Å². The first-order valence-corrected chi connectivity index (χ1v) is 14.3. The van der Waals surface area contributed by atoms with E-state index in [1.165, 1.54) is 18.9 Å². The highest BCUT2D eigenvalue weighted by Crippen LogP contribution is 2.20. The Hall–Kier alpha value is -3.18. The number of benzene rings is 1. The Bertz CT molecular complexity index is 1010. The molecule has 0 bridgehead atoms.